The minimum atomic E-state index is -0.447. The zero-order chi connectivity index (χ0) is 12.5. The first-order chi connectivity index (χ1) is 8.01. The van der Waals surface area contributed by atoms with Crippen LogP contribution in [0.3, 0.4) is 0 Å². The van der Waals surface area contributed by atoms with Gasteiger partial charge in [0.05, 0.1) is 5.41 Å². The van der Waals surface area contributed by atoms with Crippen LogP contribution in [0, 0.1) is 12.3 Å². The fourth-order valence-electron chi connectivity index (χ4n) is 2.25. The number of aromatic nitrogens is 2. The third kappa shape index (κ3) is 2.38. The minimum Gasteiger partial charge on any atom is -0.369 e. The maximum Gasteiger partial charge on any atom is 0.225 e. The van der Waals surface area contributed by atoms with Crippen molar-refractivity contribution in [2.45, 2.75) is 26.7 Å². The van der Waals surface area contributed by atoms with Crippen LogP contribution >= 0.6 is 0 Å². The van der Waals surface area contributed by atoms with Gasteiger partial charge in [0.15, 0.2) is 0 Å². The zero-order valence-corrected chi connectivity index (χ0v) is 10.3. The summed E-state index contributed by atoms with van der Waals surface area (Å²) in [6.45, 7) is 5.41. The van der Waals surface area contributed by atoms with Gasteiger partial charge in [-0.1, -0.05) is 0 Å². The Labute approximate surface area is 101 Å². The van der Waals surface area contributed by atoms with E-state index < -0.39 is 5.41 Å². The van der Waals surface area contributed by atoms with Crippen molar-refractivity contribution in [1.29, 1.82) is 0 Å². The molecule has 0 aromatic carbocycles. The number of rotatable bonds is 2. The normalized spacial score (nSPS) is 24.7. The van der Waals surface area contributed by atoms with Gasteiger partial charge in [-0.15, -0.1) is 0 Å². The SMILES string of the molecule is Cc1cc(N2CCCC(C)(C(N)=O)C2)ncn1. The van der Waals surface area contributed by atoms with Crippen LogP contribution in [0.2, 0.25) is 0 Å². The minimum absolute atomic E-state index is 0.229. The highest BCUT2D eigenvalue weighted by Crippen LogP contribution is 2.31. The Morgan fingerprint density at radius 1 is 1.53 bits per heavy atom. The number of nitrogens with two attached hydrogens (primary N) is 1. The van der Waals surface area contributed by atoms with Crippen LogP contribution in [0.15, 0.2) is 12.4 Å². The van der Waals surface area contributed by atoms with Gasteiger partial charge >= 0.3 is 0 Å². The Balaban J connectivity index is 2.20. The molecule has 92 valence electrons. The zero-order valence-electron chi connectivity index (χ0n) is 10.3. The number of hydrogen-bond donors (Lipinski definition) is 1. The van der Waals surface area contributed by atoms with Crippen molar-refractivity contribution in [3.63, 3.8) is 0 Å². The van der Waals surface area contributed by atoms with E-state index in [0.717, 1.165) is 30.9 Å². The van der Waals surface area contributed by atoms with Gasteiger partial charge in [0, 0.05) is 24.8 Å². The summed E-state index contributed by atoms with van der Waals surface area (Å²) >= 11 is 0. The van der Waals surface area contributed by atoms with Crippen molar-refractivity contribution in [1.82, 2.24) is 9.97 Å². The molecule has 1 atom stereocenters. The van der Waals surface area contributed by atoms with Gasteiger partial charge in [-0.3, -0.25) is 4.79 Å². The van der Waals surface area contributed by atoms with Gasteiger partial charge in [-0.2, -0.15) is 0 Å². The highest BCUT2D eigenvalue weighted by Gasteiger charge is 2.36. The maximum atomic E-state index is 11.5. The quantitative estimate of drug-likeness (QED) is 0.824. The van der Waals surface area contributed by atoms with Crippen molar-refractivity contribution in [3.05, 3.63) is 18.1 Å². The molecule has 1 amide bonds. The molecule has 5 nitrogen and oxygen atoms in total. The average Bonchev–Trinajstić information content (AvgIpc) is 2.29. The molecule has 17 heavy (non-hydrogen) atoms. The van der Waals surface area contributed by atoms with Gasteiger partial charge in [-0.25, -0.2) is 9.97 Å². The summed E-state index contributed by atoms with van der Waals surface area (Å²) in [6.07, 6.45) is 3.37. The van der Waals surface area contributed by atoms with Crippen molar-refractivity contribution >= 4 is 11.7 Å². The van der Waals surface area contributed by atoms with Gasteiger partial charge in [0.2, 0.25) is 5.91 Å². The van der Waals surface area contributed by atoms with Gasteiger partial charge < -0.3 is 10.6 Å². The highest BCUT2D eigenvalue weighted by molar-refractivity contribution is 5.81. The molecule has 1 aliphatic rings. The molecular weight excluding hydrogens is 216 g/mol. The summed E-state index contributed by atoms with van der Waals surface area (Å²) < 4.78 is 0. The van der Waals surface area contributed by atoms with Crippen molar-refractivity contribution < 1.29 is 4.79 Å². The molecule has 0 radical (unpaired) electrons. The first-order valence-electron chi connectivity index (χ1n) is 5.85. The van der Waals surface area contributed by atoms with E-state index in [1.165, 1.54) is 0 Å². The van der Waals surface area contributed by atoms with Crippen LogP contribution in [0.5, 0.6) is 0 Å². The second-order valence-corrected chi connectivity index (χ2v) is 4.97. The highest BCUT2D eigenvalue weighted by atomic mass is 16.1. The van der Waals surface area contributed by atoms with Crippen LogP contribution < -0.4 is 10.6 Å². The van der Waals surface area contributed by atoms with Crippen LogP contribution in [-0.4, -0.2) is 29.0 Å². The van der Waals surface area contributed by atoms with Crippen LogP contribution in [-0.2, 0) is 4.79 Å². The number of hydrogen-bond acceptors (Lipinski definition) is 4. The lowest BCUT2D eigenvalue weighted by Gasteiger charge is -2.38. The summed E-state index contributed by atoms with van der Waals surface area (Å²) in [6, 6.07) is 1.94. The van der Waals surface area contributed by atoms with Crippen LogP contribution in [0.25, 0.3) is 0 Å². The van der Waals surface area contributed by atoms with Crippen molar-refractivity contribution in [2.24, 2.45) is 11.1 Å². The number of aryl methyl sites for hydroxylation is 1. The van der Waals surface area contributed by atoms with E-state index in [4.69, 9.17) is 5.73 Å². The number of piperidine rings is 1. The Bertz CT molecular complexity index is 434. The Kier molecular flexibility index (Phi) is 3.00. The number of amides is 1. The van der Waals surface area contributed by atoms with E-state index in [2.05, 4.69) is 14.9 Å². The molecule has 2 rings (SSSR count). The topological polar surface area (TPSA) is 72.1 Å². The predicted octanol–water partition coefficient (Wildman–Crippen LogP) is 0.877. The monoisotopic (exact) mass is 234 g/mol. The maximum absolute atomic E-state index is 11.5. The van der Waals surface area contributed by atoms with E-state index in [-0.39, 0.29) is 5.91 Å². The summed E-state index contributed by atoms with van der Waals surface area (Å²) in [5.41, 5.74) is 5.96. The summed E-state index contributed by atoms with van der Waals surface area (Å²) in [4.78, 5) is 21.9. The Hall–Kier alpha value is -1.65. The molecule has 1 aromatic rings. The lowest BCUT2D eigenvalue weighted by molar-refractivity contribution is -0.127. The molecule has 5 heteroatoms. The molecule has 0 bridgehead atoms. The van der Waals surface area contributed by atoms with E-state index in [0.29, 0.717) is 6.54 Å². The second-order valence-electron chi connectivity index (χ2n) is 4.97. The molecule has 2 heterocycles. The number of carbonyl (C=O) groups is 1. The van der Waals surface area contributed by atoms with Crippen molar-refractivity contribution in [3.8, 4) is 0 Å². The molecule has 1 fully saturated rings. The largest absolute Gasteiger partial charge is 0.369 e. The van der Waals surface area contributed by atoms with E-state index in [1.54, 1.807) is 6.33 Å². The molecular formula is C12H18N4O. The molecule has 0 spiro atoms. The third-order valence-corrected chi connectivity index (χ3v) is 3.40. The molecule has 1 unspecified atom stereocenters. The lowest BCUT2D eigenvalue weighted by atomic mass is 9.81. The average molecular weight is 234 g/mol. The van der Waals surface area contributed by atoms with E-state index in [1.807, 2.05) is 19.9 Å². The predicted molar refractivity (Wildman–Crippen MR) is 65.5 cm³/mol. The van der Waals surface area contributed by atoms with E-state index in [9.17, 15) is 4.79 Å². The number of primary amides is 1. The van der Waals surface area contributed by atoms with Gasteiger partial charge in [0.1, 0.15) is 12.1 Å². The summed E-state index contributed by atoms with van der Waals surface area (Å²) in [7, 11) is 0. The first-order valence-corrected chi connectivity index (χ1v) is 5.85. The van der Waals surface area contributed by atoms with Crippen LogP contribution in [0.1, 0.15) is 25.5 Å². The number of nitrogens with zero attached hydrogens (tertiary/aromatic N) is 3. The second kappa shape index (κ2) is 4.31. The Morgan fingerprint density at radius 3 is 2.94 bits per heavy atom. The lowest BCUT2D eigenvalue weighted by Crippen LogP contribution is -2.49. The van der Waals surface area contributed by atoms with Crippen LogP contribution in [0.4, 0.5) is 5.82 Å². The smallest absolute Gasteiger partial charge is 0.225 e. The third-order valence-electron chi connectivity index (χ3n) is 3.40. The molecule has 0 aliphatic carbocycles. The summed E-state index contributed by atoms with van der Waals surface area (Å²) in [5, 5.41) is 0. The number of anilines is 1. The fourth-order valence-corrected chi connectivity index (χ4v) is 2.25. The molecule has 1 saturated heterocycles. The fraction of sp³-hybridized carbons (Fsp3) is 0.583. The molecule has 1 aliphatic heterocycles. The molecule has 0 saturated carbocycles. The summed E-state index contributed by atoms with van der Waals surface area (Å²) in [5.74, 6) is 0.651. The number of carbonyl (C=O) groups excluding carboxylic acids is 1. The molecule has 2 N–H and O–H groups in total. The van der Waals surface area contributed by atoms with Gasteiger partial charge in [-0.05, 0) is 26.7 Å². The first kappa shape index (κ1) is 11.8. The van der Waals surface area contributed by atoms with Gasteiger partial charge in [0.25, 0.3) is 0 Å². The Morgan fingerprint density at radius 2 is 2.29 bits per heavy atom. The molecule has 1 aromatic heterocycles. The van der Waals surface area contributed by atoms with E-state index >= 15 is 0 Å². The standard InChI is InChI=1S/C12H18N4O/c1-9-6-10(15-8-14-9)16-5-3-4-12(2,7-16)11(13)17/h6,8H,3-5,7H2,1-2H3,(H2,13,17). The van der Waals surface area contributed by atoms with Crippen molar-refractivity contribution in [2.75, 3.05) is 18.0 Å².